The average molecular weight is 217 g/mol. The van der Waals surface area contributed by atoms with Crippen molar-refractivity contribution in [3.8, 4) is 0 Å². The Morgan fingerprint density at radius 2 is 1.69 bits per heavy atom. The molecule has 0 N–H and O–H groups in total. The van der Waals surface area contributed by atoms with E-state index in [4.69, 9.17) is 0 Å². The van der Waals surface area contributed by atoms with Gasteiger partial charge in [0.1, 0.15) is 0 Å². The fourth-order valence-electron chi connectivity index (χ4n) is 2.43. The van der Waals surface area contributed by atoms with Gasteiger partial charge in [-0.1, -0.05) is 39.0 Å². The van der Waals surface area contributed by atoms with Gasteiger partial charge in [0.05, 0.1) is 0 Å². The number of hydrogen-bond acceptors (Lipinski definition) is 1. The van der Waals surface area contributed by atoms with E-state index < -0.39 is 0 Å². The van der Waals surface area contributed by atoms with Crippen molar-refractivity contribution in [3.05, 3.63) is 34.9 Å². The Morgan fingerprint density at radius 3 is 2.25 bits per heavy atom. The molecule has 0 aliphatic heterocycles. The smallest absolute Gasteiger partial charge is 0.0170 e. The van der Waals surface area contributed by atoms with Crippen LogP contribution in [-0.4, -0.2) is 25.0 Å². The molecule has 1 aromatic carbocycles. The Kier molecular flexibility index (Phi) is 2.83. The van der Waals surface area contributed by atoms with E-state index in [1.54, 1.807) is 11.1 Å². The summed E-state index contributed by atoms with van der Waals surface area (Å²) in [5.74, 6) is 0. The Balaban J connectivity index is 2.28. The lowest BCUT2D eigenvalue weighted by molar-refractivity contribution is 0.303. The molecule has 1 aliphatic carbocycles. The molecule has 0 fully saturated rings. The highest BCUT2D eigenvalue weighted by molar-refractivity contribution is 5.39. The molecule has 0 spiro atoms. The summed E-state index contributed by atoms with van der Waals surface area (Å²) < 4.78 is 0. The zero-order valence-electron chi connectivity index (χ0n) is 11.2. The molecule has 1 unspecified atom stereocenters. The first-order valence-corrected chi connectivity index (χ1v) is 6.16. The number of benzene rings is 1. The lowest BCUT2D eigenvalue weighted by atomic mass is 9.85. The van der Waals surface area contributed by atoms with E-state index in [1.807, 2.05) is 0 Å². The maximum atomic E-state index is 2.42. The lowest BCUT2D eigenvalue weighted by Gasteiger charge is -2.20. The molecular formula is C15H23N. The molecule has 0 aromatic heterocycles. The van der Waals surface area contributed by atoms with Gasteiger partial charge in [-0.2, -0.15) is 0 Å². The molecule has 0 bridgehead atoms. The molecule has 0 saturated heterocycles. The minimum Gasteiger partial charge on any atom is -0.306 e. The third kappa shape index (κ3) is 2.15. The minimum atomic E-state index is 0.269. The van der Waals surface area contributed by atoms with Crippen LogP contribution in [-0.2, 0) is 18.3 Å². The monoisotopic (exact) mass is 217 g/mol. The van der Waals surface area contributed by atoms with E-state index in [2.05, 4.69) is 58.0 Å². The van der Waals surface area contributed by atoms with Gasteiger partial charge >= 0.3 is 0 Å². The van der Waals surface area contributed by atoms with Crippen LogP contribution in [0.2, 0.25) is 0 Å². The molecule has 1 heteroatoms. The second kappa shape index (κ2) is 3.89. The number of hydrogen-bond donors (Lipinski definition) is 0. The fourth-order valence-corrected chi connectivity index (χ4v) is 2.43. The summed E-state index contributed by atoms with van der Waals surface area (Å²) in [6.45, 7) is 6.85. The summed E-state index contributed by atoms with van der Waals surface area (Å²) in [4.78, 5) is 2.34. The number of nitrogens with zero attached hydrogens (tertiary/aromatic N) is 1. The van der Waals surface area contributed by atoms with Gasteiger partial charge in [-0.15, -0.1) is 0 Å². The van der Waals surface area contributed by atoms with Crippen LogP contribution in [0, 0.1) is 0 Å². The van der Waals surface area contributed by atoms with Crippen molar-refractivity contribution < 1.29 is 0 Å². The zero-order chi connectivity index (χ0) is 11.9. The largest absolute Gasteiger partial charge is 0.306 e. The molecular weight excluding hydrogens is 194 g/mol. The van der Waals surface area contributed by atoms with Crippen molar-refractivity contribution in [2.45, 2.75) is 45.1 Å². The maximum Gasteiger partial charge on any atom is 0.0170 e. The molecule has 88 valence electrons. The summed E-state index contributed by atoms with van der Waals surface area (Å²) >= 11 is 0. The van der Waals surface area contributed by atoms with Crippen molar-refractivity contribution in [3.63, 3.8) is 0 Å². The molecule has 0 saturated carbocycles. The Hall–Kier alpha value is -0.820. The van der Waals surface area contributed by atoms with Gasteiger partial charge in [0.2, 0.25) is 0 Å². The van der Waals surface area contributed by atoms with Crippen LogP contribution < -0.4 is 0 Å². The van der Waals surface area contributed by atoms with E-state index >= 15 is 0 Å². The SMILES string of the molecule is CN(C)C1Cc2ccc(C(C)(C)C)cc2C1. The first-order valence-electron chi connectivity index (χ1n) is 6.16. The van der Waals surface area contributed by atoms with Crippen LogP contribution >= 0.6 is 0 Å². The van der Waals surface area contributed by atoms with Gasteiger partial charge in [-0.3, -0.25) is 0 Å². The highest BCUT2D eigenvalue weighted by Crippen LogP contribution is 2.30. The molecule has 0 amide bonds. The third-order valence-electron chi connectivity index (χ3n) is 3.71. The van der Waals surface area contributed by atoms with Gasteiger partial charge < -0.3 is 4.90 Å². The Labute approximate surface area is 99.5 Å². The van der Waals surface area contributed by atoms with Crippen molar-refractivity contribution in [1.29, 1.82) is 0 Å². The zero-order valence-corrected chi connectivity index (χ0v) is 11.2. The quantitative estimate of drug-likeness (QED) is 0.699. The summed E-state index contributed by atoms with van der Waals surface area (Å²) in [7, 11) is 4.36. The van der Waals surface area contributed by atoms with Crippen LogP contribution in [0.15, 0.2) is 18.2 Å². The average Bonchev–Trinajstić information content (AvgIpc) is 2.58. The van der Waals surface area contributed by atoms with Gasteiger partial charge in [0.15, 0.2) is 0 Å². The second-order valence-electron chi connectivity index (χ2n) is 6.26. The van der Waals surface area contributed by atoms with Crippen LogP contribution in [0.25, 0.3) is 0 Å². The van der Waals surface area contributed by atoms with Crippen LogP contribution in [0.5, 0.6) is 0 Å². The summed E-state index contributed by atoms with van der Waals surface area (Å²) in [6.07, 6.45) is 2.43. The topological polar surface area (TPSA) is 3.24 Å². The molecule has 2 rings (SSSR count). The molecule has 1 aromatic rings. The van der Waals surface area contributed by atoms with Crippen LogP contribution in [0.1, 0.15) is 37.5 Å². The minimum absolute atomic E-state index is 0.269. The fraction of sp³-hybridized carbons (Fsp3) is 0.600. The molecule has 0 heterocycles. The first kappa shape index (κ1) is 11.7. The van der Waals surface area contributed by atoms with Crippen molar-refractivity contribution in [2.24, 2.45) is 0 Å². The van der Waals surface area contributed by atoms with E-state index in [0.717, 1.165) is 0 Å². The molecule has 16 heavy (non-hydrogen) atoms. The normalized spacial score (nSPS) is 20.2. The second-order valence-corrected chi connectivity index (χ2v) is 6.26. The molecule has 1 aliphatic rings. The van der Waals surface area contributed by atoms with E-state index in [9.17, 15) is 0 Å². The van der Waals surface area contributed by atoms with Gasteiger partial charge in [0.25, 0.3) is 0 Å². The third-order valence-corrected chi connectivity index (χ3v) is 3.71. The van der Waals surface area contributed by atoms with E-state index in [1.165, 1.54) is 18.4 Å². The Bertz CT molecular complexity index is 385. The summed E-state index contributed by atoms with van der Waals surface area (Å²) in [5.41, 5.74) is 4.84. The number of rotatable bonds is 1. The van der Waals surface area contributed by atoms with Gasteiger partial charge in [-0.25, -0.2) is 0 Å². The number of fused-ring (bicyclic) bond motifs is 1. The maximum absolute atomic E-state index is 2.42. The predicted octanol–water partition coefficient (Wildman–Crippen LogP) is 3.01. The van der Waals surface area contributed by atoms with Crippen molar-refractivity contribution in [1.82, 2.24) is 4.90 Å². The van der Waals surface area contributed by atoms with Gasteiger partial charge in [0, 0.05) is 6.04 Å². The summed E-state index contributed by atoms with van der Waals surface area (Å²) in [5, 5.41) is 0. The van der Waals surface area contributed by atoms with E-state index in [0.29, 0.717) is 6.04 Å². The Morgan fingerprint density at radius 1 is 1.06 bits per heavy atom. The highest BCUT2D eigenvalue weighted by atomic mass is 15.1. The molecule has 1 atom stereocenters. The first-order chi connectivity index (χ1) is 7.38. The summed E-state index contributed by atoms with van der Waals surface area (Å²) in [6, 6.07) is 7.75. The molecule has 0 radical (unpaired) electrons. The van der Waals surface area contributed by atoms with Crippen molar-refractivity contribution in [2.75, 3.05) is 14.1 Å². The van der Waals surface area contributed by atoms with Gasteiger partial charge in [-0.05, 0) is 49.0 Å². The van der Waals surface area contributed by atoms with Crippen LogP contribution in [0.3, 0.4) is 0 Å². The van der Waals surface area contributed by atoms with Crippen LogP contribution in [0.4, 0.5) is 0 Å². The standard InChI is InChI=1S/C15H23N/c1-15(2,3)13-7-6-11-9-14(16(4)5)10-12(11)8-13/h6-8,14H,9-10H2,1-5H3. The van der Waals surface area contributed by atoms with Crippen molar-refractivity contribution >= 4 is 0 Å². The number of likely N-dealkylation sites (N-methyl/N-ethyl adjacent to an activating group) is 1. The molecule has 1 nitrogen and oxygen atoms in total. The lowest BCUT2D eigenvalue weighted by Crippen LogP contribution is -2.27. The highest BCUT2D eigenvalue weighted by Gasteiger charge is 2.24. The van der Waals surface area contributed by atoms with E-state index in [-0.39, 0.29) is 5.41 Å². The predicted molar refractivity (Wildman–Crippen MR) is 70.0 cm³/mol.